The van der Waals surface area contributed by atoms with E-state index in [2.05, 4.69) is 4.98 Å². The lowest BCUT2D eigenvalue weighted by Crippen LogP contribution is -2.25. The predicted molar refractivity (Wildman–Crippen MR) is 108 cm³/mol. The summed E-state index contributed by atoms with van der Waals surface area (Å²) in [4.78, 5) is 4.95. The number of benzene rings is 2. The molecule has 148 valence electrons. The summed E-state index contributed by atoms with van der Waals surface area (Å²) in [5.74, 6) is -2.82. The zero-order valence-corrected chi connectivity index (χ0v) is 16.7. The molecule has 0 radical (unpaired) electrons. The van der Waals surface area contributed by atoms with Crippen LogP contribution in [0.5, 0.6) is 0 Å². The van der Waals surface area contributed by atoms with Crippen molar-refractivity contribution < 1.29 is 17.2 Å². The molecule has 1 fully saturated rings. The van der Waals surface area contributed by atoms with Crippen molar-refractivity contribution in [3.05, 3.63) is 47.5 Å². The van der Waals surface area contributed by atoms with Gasteiger partial charge in [-0.3, -0.25) is 0 Å². The van der Waals surface area contributed by atoms with Crippen molar-refractivity contribution in [3.8, 4) is 11.3 Å². The van der Waals surface area contributed by atoms with Gasteiger partial charge < -0.3 is 9.88 Å². The minimum absolute atomic E-state index is 0.0476. The summed E-state index contributed by atoms with van der Waals surface area (Å²) in [5.41, 5.74) is 2.37. The molecule has 1 saturated heterocycles. The number of sulfone groups is 1. The number of aromatic amines is 1. The standard InChI is InChI=1S/C20H19ClF2N2O2S/c1-2-28(26,27)13-7-8-17(25-10-9-20(22,23)12-25)15(11-13)19-18(21)14-5-3-4-6-16(14)24-19/h3-8,11,24H,2,9-10,12H2,1H3. The van der Waals surface area contributed by atoms with Crippen molar-refractivity contribution in [1.29, 1.82) is 0 Å². The number of alkyl halides is 2. The molecule has 1 N–H and O–H groups in total. The van der Waals surface area contributed by atoms with Crippen LogP contribution in [0.4, 0.5) is 14.5 Å². The van der Waals surface area contributed by atoms with E-state index in [4.69, 9.17) is 11.6 Å². The molecule has 4 rings (SSSR count). The minimum Gasteiger partial charge on any atom is -0.365 e. The Balaban J connectivity index is 1.94. The first kappa shape index (κ1) is 19.2. The maximum atomic E-state index is 13.8. The monoisotopic (exact) mass is 424 g/mol. The van der Waals surface area contributed by atoms with E-state index in [0.717, 1.165) is 10.9 Å². The van der Waals surface area contributed by atoms with E-state index in [1.165, 1.54) is 12.1 Å². The molecule has 1 aromatic heterocycles. The van der Waals surface area contributed by atoms with Gasteiger partial charge in [0.2, 0.25) is 0 Å². The van der Waals surface area contributed by atoms with Crippen LogP contribution in [0, 0.1) is 0 Å². The van der Waals surface area contributed by atoms with E-state index in [1.807, 2.05) is 24.3 Å². The highest BCUT2D eigenvalue weighted by Gasteiger charge is 2.39. The Labute approximate surface area is 167 Å². The number of anilines is 1. The lowest BCUT2D eigenvalue weighted by molar-refractivity contribution is 0.0257. The van der Waals surface area contributed by atoms with Gasteiger partial charge in [0.05, 0.1) is 27.9 Å². The molecule has 0 bridgehead atoms. The molecule has 3 aromatic rings. The van der Waals surface area contributed by atoms with Crippen LogP contribution in [0.1, 0.15) is 13.3 Å². The van der Waals surface area contributed by atoms with Gasteiger partial charge in [0.25, 0.3) is 5.92 Å². The molecular formula is C20H19ClF2N2O2S. The van der Waals surface area contributed by atoms with E-state index in [1.54, 1.807) is 17.9 Å². The first-order valence-corrected chi connectivity index (χ1v) is 11.0. The lowest BCUT2D eigenvalue weighted by atomic mass is 10.1. The highest BCUT2D eigenvalue weighted by atomic mass is 35.5. The van der Waals surface area contributed by atoms with E-state index < -0.39 is 22.3 Å². The molecule has 2 aromatic carbocycles. The summed E-state index contributed by atoms with van der Waals surface area (Å²) in [6.45, 7) is 1.36. The number of hydrogen-bond donors (Lipinski definition) is 1. The van der Waals surface area contributed by atoms with Crippen molar-refractivity contribution >= 4 is 38.0 Å². The molecule has 0 atom stereocenters. The van der Waals surface area contributed by atoms with Crippen LogP contribution < -0.4 is 4.90 Å². The van der Waals surface area contributed by atoms with Gasteiger partial charge in [-0.25, -0.2) is 17.2 Å². The smallest absolute Gasteiger partial charge is 0.266 e. The number of para-hydroxylation sites is 1. The van der Waals surface area contributed by atoms with Crippen LogP contribution in [-0.4, -0.2) is 38.2 Å². The molecule has 28 heavy (non-hydrogen) atoms. The third kappa shape index (κ3) is 3.26. The van der Waals surface area contributed by atoms with Gasteiger partial charge in [-0.15, -0.1) is 0 Å². The largest absolute Gasteiger partial charge is 0.365 e. The van der Waals surface area contributed by atoms with Gasteiger partial charge in [-0.1, -0.05) is 36.7 Å². The number of halogens is 3. The quantitative estimate of drug-likeness (QED) is 0.631. The first-order valence-electron chi connectivity index (χ1n) is 8.98. The van der Waals surface area contributed by atoms with Gasteiger partial charge in [-0.05, 0) is 24.3 Å². The number of hydrogen-bond acceptors (Lipinski definition) is 3. The van der Waals surface area contributed by atoms with Crippen molar-refractivity contribution in [2.75, 3.05) is 23.7 Å². The summed E-state index contributed by atoms with van der Waals surface area (Å²) in [6, 6.07) is 12.0. The Hall–Kier alpha value is -2.12. The van der Waals surface area contributed by atoms with Gasteiger partial charge in [0.15, 0.2) is 9.84 Å². The van der Waals surface area contributed by atoms with E-state index in [-0.39, 0.29) is 23.6 Å². The lowest BCUT2D eigenvalue weighted by Gasteiger charge is -2.22. The molecule has 0 unspecified atom stereocenters. The molecule has 1 aliphatic heterocycles. The fourth-order valence-corrected chi connectivity index (χ4v) is 4.81. The normalized spacial score (nSPS) is 16.8. The molecule has 0 spiro atoms. The summed E-state index contributed by atoms with van der Waals surface area (Å²) in [6.07, 6.45) is -0.234. The van der Waals surface area contributed by atoms with Crippen LogP contribution in [-0.2, 0) is 9.84 Å². The highest BCUT2D eigenvalue weighted by molar-refractivity contribution is 7.91. The van der Waals surface area contributed by atoms with E-state index in [9.17, 15) is 17.2 Å². The Bertz CT molecular complexity index is 1160. The first-order chi connectivity index (χ1) is 13.2. The second-order valence-corrected chi connectivity index (χ2v) is 9.63. The molecule has 2 heterocycles. The SMILES string of the molecule is CCS(=O)(=O)c1ccc(N2CCC(F)(F)C2)c(-c2[nH]c3ccccc3c2Cl)c1. The zero-order chi connectivity index (χ0) is 20.1. The number of H-pyrrole nitrogens is 1. The van der Waals surface area contributed by atoms with Gasteiger partial charge >= 0.3 is 0 Å². The third-order valence-electron chi connectivity index (χ3n) is 5.13. The van der Waals surface area contributed by atoms with Gasteiger partial charge in [0, 0.05) is 35.1 Å². The Morgan fingerprint density at radius 1 is 1.21 bits per heavy atom. The zero-order valence-electron chi connectivity index (χ0n) is 15.2. The van der Waals surface area contributed by atoms with Crippen LogP contribution in [0.15, 0.2) is 47.4 Å². The van der Waals surface area contributed by atoms with Crippen molar-refractivity contribution in [2.24, 2.45) is 0 Å². The van der Waals surface area contributed by atoms with Gasteiger partial charge in [-0.2, -0.15) is 0 Å². The molecule has 4 nitrogen and oxygen atoms in total. The highest BCUT2D eigenvalue weighted by Crippen LogP contribution is 2.42. The summed E-state index contributed by atoms with van der Waals surface area (Å²) in [5, 5.41) is 1.23. The predicted octanol–water partition coefficient (Wildman–Crippen LogP) is 5.13. The van der Waals surface area contributed by atoms with Crippen molar-refractivity contribution in [3.63, 3.8) is 0 Å². The Kier molecular flexibility index (Phi) is 4.62. The van der Waals surface area contributed by atoms with Crippen molar-refractivity contribution in [1.82, 2.24) is 4.98 Å². The minimum atomic E-state index is -3.46. The Morgan fingerprint density at radius 2 is 1.96 bits per heavy atom. The van der Waals surface area contributed by atoms with Crippen LogP contribution in [0.2, 0.25) is 5.02 Å². The number of rotatable bonds is 4. The van der Waals surface area contributed by atoms with E-state index >= 15 is 0 Å². The fraction of sp³-hybridized carbons (Fsp3) is 0.300. The molecule has 8 heteroatoms. The maximum absolute atomic E-state index is 13.8. The number of nitrogens with one attached hydrogen (secondary N) is 1. The van der Waals surface area contributed by atoms with E-state index in [0.29, 0.717) is 22.0 Å². The second kappa shape index (κ2) is 6.74. The topological polar surface area (TPSA) is 53.2 Å². The summed E-state index contributed by atoms with van der Waals surface area (Å²) in [7, 11) is -3.46. The van der Waals surface area contributed by atoms with Crippen LogP contribution >= 0.6 is 11.6 Å². The number of fused-ring (bicyclic) bond motifs is 1. The maximum Gasteiger partial charge on any atom is 0.266 e. The molecule has 1 aliphatic rings. The third-order valence-corrected chi connectivity index (χ3v) is 7.25. The van der Waals surface area contributed by atoms with Crippen LogP contribution in [0.3, 0.4) is 0 Å². The molecular weight excluding hydrogens is 406 g/mol. The Morgan fingerprint density at radius 3 is 2.61 bits per heavy atom. The average Bonchev–Trinajstić information content (AvgIpc) is 3.21. The molecule has 0 saturated carbocycles. The molecule has 0 amide bonds. The fourth-order valence-electron chi connectivity index (χ4n) is 3.59. The average molecular weight is 425 g/mol. The number of aromatic nitrogens is 1. The number of nitrogens with zero attached hydrogens (tertiary/aromatic N) is 1. The van der Waals surface area contributed by atoms with Crippen LogP contribution in [0.25, 0.3) is 22.2 Å². The second-order valence-electron chi connectivity index (χ2n) is 6.97. The van der Waals surface area contributed by atoms with Crippen molar-refractivity contribution in [2.45, 2.75) is 24.2 Å². The van der Waals surface area contributed by atoms with Gasteiger partial charge in [0.1, 0.15) is 0 Å². The summed E-state index contributed by atoms with van der Waals surface area (Å²) < 4.78 is 52.4. The summed E-state index contributed by atoms with van der Waals surface area (Å²) >= 11 is 6.58. The molecule has 0 aliphatic carbocycles.